The van der Waals surface area contributed by atoms with Gasteiger partial charge in [0.1, 0.15) is 11.9 Å². The van der Waals surface area contributed by atoms with Gasteiger partial charge in [0.15, 0.2) is 0 Å². The number of aliphatic imine (C=N–C) groups is 1. The van der Waals surface area contributed by atoms with Crippen molar-refractivity contribution in [1.29, 1.82) is 0 Å². The average molecular weight is 265 g/mol. The zero-order valence-corrected chi connectivity index (χ0v) is 11.4. The lowest BCUT2D eigenvalue weighted by atomic mass is 10.0. The monoisotopic (exact) mass is 264 g/mol. The van der Waals surface area contributed by atoms with E-state index in [0.717, 1.165) is 12.2 Å². The van der Waals surface area contributed by atoms with E-state index < -0.39 is 0 Å². The van der Waals surface area contributed by atoms with Gasteiger partial charge in [-0.1, -0.05) is 24.3 Å². The Morgan fingerprint density at radius 2 is 2.06 bits per heavy atom. The van der Waals surface area contributed by atoms with Gasteiger partial charge >= 0.3 is 0 Å². The quantitative estimate of drug-likeness (QED) is 0.833. The predicted octanol–water partition coefficient (Wildman–Crippen LogP) is 3.30. The summed E-state index contributed by atoms with van der Waals surface area (Å²) >= 11 is 0. The lowest BCUT2D eigenvalue weighted by molar-refractivity contribution is 0.293. The fourth-order valence-electron chi connectivity index (χ4n) is 2.37. The molecule has 18 heavy (non-hydrogen) atoms. The number of fused-ring (bicyclic) bond motifs is 1. The lowest BCUT2D eigenvalue weighted by Crippen LogP contribution is -2.24. The number of rotatable bonds is 2. The number of nitrogens with zero attached hydrogens (tertiary/aromatic N) is 2. The minimum absolute atomic E-state index is 0. The van der Waals surface area contributed by atoms with Crippen LogP contribution >= 0.6 is 12.4 Å². The maximum Gasteiger partial charge on any atom is 0.120 e. The van der Waals surface area contributed by atoms with Crippen molar-refractivity contribution in [3.05, 3.63) is 36.3 Å². The number of hydrogen-bond acceptors (Lipinski definition) is 3. The third-order valence-electron chi connectivity index (χ3n) is 3.37. The molecule has 1 aromatic heterocycles. The van der Waals surface area contributed by atoms with Crippen LogP contribution in [0, 0.1) is 0 Å². The normalized spacial score (nSPS) is 22.6. The molecule has 0 fully saturated rings. The number of furan rings is 1. The Labute approximate surface area is 113 Å². The maximum absolute atomic E-state index is 5.72. The van der Waals surface area contributed by atoms with Gasteiger partial charge in [0.05, 0.1) is 12.2 Å². The molecule has 2 unspecified atom stereocenters. The van der Waals surface area contributed by atoms with Crippen molar-refractivity contribution < 1.29 is 4.42 Å². The van der Waals surface area contributed by atoms with Crippen molar-refractivity contribution in [3.63, 3.8) is 0 Å². The topological polar surface area (TPSA) is 28.7 Å². The van der Waals surface area contributed by atoms with Crippen LogP contribution in [0.1, 0.15) is 18.1 Å². The van der Waals surface area contributed by atoms with Crippen LogP contribution in [0.5, 0.6) is 0 Å². The van der Waals surface area contributed by atoms with Gasteiger partial charge in [-0.05, 0) is 20.5 Å². The molecule has 2 aromatic rings. The Hall–Kier alpha value is -1.32. The van der Waals surface area contributed by atoms with Gasteiger partial charge in [-0.2, -0.15) is 0 Å². The van der Waals surface area contributed by atoms with E-state index in [1.807, 2.05) is 18.5 Å². The fraction of sp³-hybridized carbons (Fsp3) is 0.357. The number of benzene rings is 1. The Kier molecular flexibility index (Phi) is 3.73. The van der Waals surface area contributed by atoms with Gasteiger partial charge in [0.25, 0.3) is 0 Å². The highest BCUT2D eigenvalue weighted by Gasteiger charge is 2.26. The molecule has 3 nitrogen and oxygen atoms in total. The van der Waals surface area contributed by atoms with Crippen molar-refractivity contribution in [2.45, 2.75) is 18.5 Å². The number of halogens is 1. The van der Waals surface area contributed by atoms with Gasteiger partial charge in [0, 0.05) is 17.0 Å². The molecule has 0 spiro atoms. The maximum atomic E-state index is 5.72. The van der Waals surface area contributed by atoms with Crippen molar-refractivity contribution in [2.75, 3.05) is 14.1 Å². The lowest BCUT2D eigenvalue weighted by Gasteiger charge is -2.16. The van der Waals surface area contributed by atoms with Crippen LogP contribution < -0.4 is 0 Å². The van der Waals surface area contributed by atoms with E-state index in [9.17, 15) is 0 Å². The van der Waals surface area contributed by atoms with E-state index in [1.54, 1.807) is 0 Å². The van der Waals surface area contributed by atoms with E-state index in [4.69, 9.17) is 4.42 Å². The van der Waals surface area contributed by atoms with Crippen LogP contribution in [0.25, 0.3) is 10.8 Å². The summed E-state index contributed by atoms with van der Waals surface area (Å²) in [5.74, 6) is 1.36. The van der Waals surface area contributed by atoms with Crippen LogP contribution in [0.3, 0.4) is 0 Å². The van der Waals surface area contributed by atoms with Crippen LogP contribution in [0.15, 0.2) is 39.9 Å². The summed E-state index contributed by atoms with van der Waals surface area (Å²) < 4.78 is 5.72. The molecule has 1 aliphatic heterocycles. The van der Waals surface area contributed by atoms with Gasteiger partial charge in [-0.25, -0.2) is 0 Å². The molecule has 0 aliphatic carbocycles. The highest BCUT2D eigenvalue weighted by molar-refractivity contribution is 5.87. The zero-order chi connectivity index (χ0) is 11.8. The second-order valence-corrected chi connectivity index (χ2v) is 4.77. The summed E-state index contributed by atoms with van der Waals surface area (Å²) in [5.41, 5.74) is 0. The first kappa shape index (κ1) is 13.1. The average Bonchev–Trinajstić information content (AvgIpc) is 2.95. The van der Waals surface area contributed by atoms with Crippen LogP contribution in [-0.4, -0.2) is 31.4 Å². The third kappa shape index (κ3) is 2.16. The summed E-state index contributed by atoms with van der Waals surface area (Å²) in [5, 5.41) is 2.38. The largest absolute Gasteiger partial charge is 0.467 e. The van der Waals surface area contributed by atoms with E-state index in [0.29, 0.717) is 5.92 Å². The smallest absolute Gasteiger partial charge is 0.120 e. The van der Waals surface area contributed by atoms with E-state index in [-0.39, 0.29) is 18.6 Å². The Morgan fingerprint density at radius 1 is 1.28 bits per heavy atom. The molecule has 0 saturated carbocycles. The van der Waals surface area contributed by atoms with E-state index >= 15 is 0 Å². The first-order chi connectivity index (χ1) is 8.25. The molecule has 0 N–H and O–H groups in total. The van der Waals surface area contributed by atoms with Gasteiger partial charge in [0.2, 0.25) is 0 Å². The number of hydrogen-bond donors (Lipinski definition) is 0. The summed E-state index contributed by atoms with van der Waals surface area (Å²) in [4.78, 5) is 6.66. The van der Waals surface area contributed by atoms with Gasteiger partial charge in [-0.15, -0.1) is 12.4 Å². The SMILES string of the molecule is CN(C)C1CC(c2occ3ccccc23)C=N1.Cl. The van der Waals surface area contributed by atoms with Crippen LogP contribution in [0.2, 0.25) is 0 Å². The molecule has 0 bridgehead atoms. The molecular formula is C14H17ClN2O. The van der Waals surface area contributed by atoms with Gasteiger partial charge in [-0.3, -0.25) is 9.89 Å². The summed E-state index contributed by atoms with van der Waals surface area (Å²) in [6.45, 7) is 0. The summed E-state index contributed by atoms with van der Waals surface area (Å²) in [6.07, 6.45) is 5.14. The summed E-state index contributed by atoms with van der Waals surface area (Å²) in [6, 6.07) is 8.28. The van der Waals surface area contributed by atoms with Crippen LogP contribution in [0.4, 0.5) is 0 Å². The van der Waals surface area contributed by atoms with Crippen molar-refractivity contribution in [1.82, 2.24) is 4.90 Å². The Bertz CT molecular complexity index is 562. The van der Waals surface area contributed by atoms with Crippen LogP contribution in [-0.2, 0) is 0 Å². The first-order valence-corrected chi connectivity index (χ1v) is 5.91. The molecular weight excluding hydrogens is 248 g/mol. The second kappa shape index (κ2) is 5.12. The van der Waals surface area contributed by atoms with Crippen molar-refractivity contribution >= 4 is 29.4 Å². The fourth-order valence-corrected chi connectivity index (χ4v) is 2.37. The highest BCUT2D eigenvalue weighted by Crippen LogP contribution is 2.33. The molecule has 2 heterocycles. The minimum atomic E-state index is 0. The van der Waals surface area contributed by atoms with Gasteiger partial charge < -0.3 is 4.42 Å². The molecule has 96 valence electrons. The molecule has 0 saturated heterocycles. The zero-order valence-electron chi connectivity index (χ0n) is 10.5. The predicted molar refractivity (Wildman–Crippen MR) is 76.8 cm³/mol. The van der Waals surface area contributed by atoms with E-state index in [1.165, 1.54) is 10.8 Å². The Balaban J connectivity index is 0.00000120. The molecule has 1 aliphatic rings. The third-order valence-corrected chi connectivity index (χ3v) is 3.37. The second-order valence-electron chi connectivity index (χ2n) is 4.77. The standard InChI is InChI=1S/C14H16N2O.ClH/c1-16(2)13-7-11(8-15-13)14-12-6-4-3-5-10(12)9-17-14;/h3-6,8-9,11,13H,7H2,1-2H3;1H. The first-order valence-electron chi connectivity index (χ1n) is 5.91. The Morgan fingerprint density at radius 3 is 2.78 bits per heavy atom. The molecule has 0 amide bonds. The van der Waals surface area contributed by atoms with Crippen molar-refractivity contribution in [2.24, 2.45) is 4.99 Å². The summed E-state index contributed by atoms with van der Waals surface area (Å²) in [7, 11) is 4.12. The molecule has 1 aromatic carbocycles. The molecule has 3 rings (SSSR count). The molecule has 4 heteroatoms. The van der Waals surface area contributed by atoms with Crippen molar-refractivity contribution in [3.8, 4) is 0 Å². The minimum Gasteiger partial charge on any atom is -0.467 e. The molecule has 0 radical (unpaired) electrons. The molecule has 2 atom stereocenters. The van der Waals surface area contributed by atoms with E-state index in [2.05, 4.69) is 42.2 Å². The highest BCUT2D eigenvalue weighted by atomic mass is 35.5.